The number of amides is 1. The lowest BCUT2D eigenvalue weighted by Gasteiger charge is -2.11. The lowest BCUT2D eigenvalue weighted by atomic mass is 10.0. The van der Waals surface area contributed by atoms with Crippen LogP contribution in [0.15, 0.2) is 0 Å². The standard InChI is InChI=1S/C28H53NO5/c1-3-5-7-8-9-10-11-12-13-14-15-16-18-20-29-28(31)34-23-25-21-26(32-22-25)24-33-27(30)19-17-6-4-2/h25-26H,3-24H2,1-2H3,(H,29,31)/t25-,26+/m1/s1. The van der Waals surface area contributed by atoms with Gasteiger partial charge in [0.2, 0.25) is 0 Å². The number of carbonyl (C=O) groups is 2. The number of esters is 1. The van der Waals surface area contributed by atoms with Crippen LogP contribution in [-0.2, 0) is 19.0 Å². The first-order valence-corrected chi connectivity index (χ1v) is 14.3. The lowest BCUT2D eigenvalue weighted by molar-refractivity contribution is -0.147. The molecule has 2 atom stereocenters. The molecule has 0 aromatic heterocycles. The molecule has 0 aromatic carbocycles. The lowest BCUT2D eigenvalue weighted by Crippen LogP contribution is -2.27. The van der Waals surface area contributed by atoms with Gasteiger partial charge in [0.15, 0.2) is 0 Å². The van der Waals surface area contributed by atoms with Gasteiger partial charge in [-0.25, -0.2) is 4.79 Å². The second-order valence-corrected chi connectivity index (χ2v) is 9.97. The first-order chi connectivity index (χ1) is 16.7. The molecule has 200 valence electrons. The summed E-state index contributed by atoms with van der Waals surface area (Å²) < 4.78 is 16.3. The third-order valence-electron chi connectivity index (χ3n) is 6.58. The maximum Gasteiger partial charge on any atom is 0.407 e. The van der Waals surface area contributed by atoms with Gasteiger partial charge in [-0.2, -0.15) is 0 Å². The third kappa shape index (κ3) is 18.1. The molecule has 1 heterocycles. The van der Waals surface area contributed by atoms with E-state index in [0.29, 0.717) is 32.8 Å². The van der Waals surface area contributed by atoms with Crippen LogP contribution in [0, 0.1) is 5.92 Å². The molecular formula is C28H53NO5. The van der Waals surface area contributed by atoms with E-state index in [2.05, 4.69) is 19.2 Å². The van der Waals surface area contributed by atoms with E-state index < -0.39 is 0 Å². The number of hydrogen-bond donors (Lipinski definition) is 1. The Morgan fingerprint density at radius 2 is 1.29 bits per heavy atom. The summed E-state index contributed by atoms with van der Waals surface area (Å²) in [5.41, 5.74) is 0. The molecule has 1 aliphatic rings. The van der Waals surface area contributed by atoms with Crippen molar-refractivity contribution in [1.82, 2.24) is 5.32 Å². The number of ether oxygens (including phenoxy) is 3. The van der Waals surface area contributed by atoms with Crippen molar-refractivity contribution < 1.29 is 23.8 Å². The normalized spacial score (nSPS) is 17.6. The van der Waals surface area contributed by atoms with Crippen molar-refractivity contribution in [3.63, 3.8) is 0 Å². The molecule has 6 heteroatoms. The summed E-state index contributed by atoms with van der Waals surface area (Å²) in [6.45, 7) is 6.25. The number of nitrogens with one attached hydrogen (secondary N) is 1. The van der Waals surface area contributed by atoms with E-state index in [-0.39, 0.29) is 24.1 Å². The zero-order chi connectivity index (χ0) is 24.7. The molecule has 0 aromatic rings. The zero-order valence-electron chi connectivity index (χ0n) is 22.3. The Morgan fingerprint density at radius 1 is 0.735 bits per heavy atom. The topological polar surface area (TPSA) is 73.9 Å². The van der Waals surface area contributed by atoms with E-state index in [0.717, 1.165) is 38.5 Å². The monoisotopic (exact) mass is 483 g/mol. The van der Waals surface area contributed by atoms with Gasteiger partial charge in [-0.1, -0.05) is 104 Å². The largest absolute Gasteiger partial charge is 0.463 e. The molecule has 0 bridgehead atoms. The van der Waals surface area contributed by atoms with Crippen molar-refractivity contribution in [1.29, 1.82) is 0 Å². The Bertz CT molecular complexity index is 499. The second-order valence-electron chi connectivity index (χ2n) is 9.97. The Morgan fingerprint density at radius 3 is 1.91 bits per heavy atom. The average Bonchev–Trinajstić information content (AvgIpc) is 3.30. The molecule has 6 nitrogen and oxygen atoms in total. The Labute approximate surface area is 209 Å². The maximum atomic E-state index is 11.9. The van der Waals surface area contributed by atoms with Crippen molar-refractivity contribution in [2.75, 3.05) is 26.4 Å². The van der Waals surface area contributed by atoms with Gasteiger partial charge in [-0.3, -0.25) is 4.79 Å². The fourth-order valence-electron chi connectivity index (χ4n) is 4.37. The van der Waals surface area contributed by atoms with Crippen molar-refractivity contribution in [2.24, 2.45) is 5.92 Å². The second kappa shape index (κ2) is 22.2. The summed E-state index contributed by atoms with van der Waals surface area (Å²) in [6, 6.07) is 0. The number of carbonyl (C=O) groups excluding carboxylic acids is 2. The van der Waals surface area contributed by atoms with E-state index in [1.165, 1.54) is 70.6 Å². The summed E-state index contributed by atoms with van der Waals surface area (Å²) in [5, 5.41) is 2.85. The molecule has 0 aliphatic carbocycles. The van der Waals surface area contributed by atoms with Gasteiger partial charge in [0.1, 0.15) is 6.61 Å². The van der Waals surface area contributed by atoms with Gasteiger partial charge >= 0.3 is 12.1 Å². The molecule has 0 radical (unpaired) electrons. The predicted molar refractivity (Wildman–Crippen MR) is 138 cm³/mol. The summed E-state index contributed by atoms with van der Waals surface area (Å²) in [6.07, 6.45) is 21.0. The Hall–Kier alpha value is -1.30. The van der Waals surface area contributed by atoms with Crippen molar-refractivity contribution in [3.8, 4) is 0 Å². The van der Waals surface area contributed by atoms with Crippen molar-refractivity contribution in [3.05, 3.63) is 0 Å². The average molecular weight is 484 g/mol. The van der Waals surface area contributed by atoms with Crippen LogP contribution in [0.25, 0.3) is 0 Å². The van der Waals surface area contributed by atoms with Crippen molar-refractivity contribution in [2.45, 2.75) is 136 Å². The fourth-order valence-corrected chi connectivity index (χ4v) is 4.37. The summed E-state index contributed by atoms with van der Waals surface area (Å²) in [7, 11) is 0. The molecule has 0 spiro atoms. The van der Waals surface area contributed by atoms with Gasteiger partial charge in [0.05, 0.1) is 19.3 Å². The number of rotatable bonds is 22. The molecular weight excluding hydrogens is 430 g/mol. The first-order valence-electron chi connectivity index (χ1n) is 14.3. The minimum Gasteiger partial charge on any atom is -0.463 e. The maximum absolute atomic E-state index is 11.9. The molecule has 0 saturated carbocycles. The predicted octanol–water partition coefficient (Wildman–Crippen LogP) is 7.33. The molecule has 1 amide bonds. The highest BCUT2D eigenvalue weighted by molar-refractivity contribution is 5.69. The molecule has 1 aliphatic heterocycles. The molecule has 1 saturated heterocycles. The van der Waals surface area contributed by atoms with Crippen LogP contribution in [0.3, 0.4) is 0 Å². The van der Waals surface area contributed by atoms with Crippen LogP contribution in [0.1, 0.15) is 129 Å². The number of unbranched alkanes of at least 4 members (excludes halogenated alkanes) is 14. The molecule has 34 heavy (non-hydrogen) atoms. The first kappa shape index (κ1) is 30.7. The SMILES string of the molecule is CCCCCCCCCCCCCCCNC(=O)OC[C@H]1CO[C@H](COC(=O)CCCCC)C1. The van der Waals surface area contributed by atoms with Gasteiger partial charge in [-0.05, 0) is 19.3 Å². The van der Waals surface area contributed by atoms with Gasteiger partial charge in [0, 0.05) is 18.9 Å². The summed E-state index contributed by atoms with van der Waals surface area (Å²) >= 11 is 0. The highest BCUT2D eigenvalue weighted by atomic mass is 16.6. The molecule has 0 unspecified atom stereocenters. The third-order valence-corrected chi connectivity index (χ3v) is 6.58. The van der Waals surface area contributed by atoms with E-state index >= 15 is 0 Å². The minimum absolute atomic E-state index is 0.0856. The van der Waals surface area contributed by atoms with Crippen LogP contribution in [-0.4, -0.2) is 44.5 Å². The Balaban J connectivity index is 1.86. The van der Waals surface area contributed by atoms with Crippen LogP contribution in [0.2, 0.25) is 0 Å². The summed E-state index contributed by atoms with van der Waals surface area (Å²) in [5.74, 6) is 0.0233. The quantitative estimate of drug-likeness (QED) is 0.129. The van der Waals surface area contributed by atoms with E-state index in [9.17, 15) is 9.59 Å². The van der Waals surface area contributed by atoms with Gasteiger partial charge in [-0.15, -0.1) is 0 Å². The highest BCUT2D eigenvalue weighted by Gasteiger charge is 2.27. The Kier molecular flexibility index (Phi) is 20.0. The van der Waals surface area contributed by atoms with Crippen molar-refractivity contribution >= 4 is 12.1 Å². The molecule has 1 rings (SSSR count). The number of hydrogen-bond acceptors (Lipinski definition) is 5. The summed E-state index contributed by atoms with van der Waals surface area (Å²) in [4.78, 5) is 23.6. The minimum atomic E-state index is -0.343. The van der Waals surface area contributed by atoms with Gasteiger partial charge < -0.3 is 19.5 Å². The van der Waals surface area contributed by atoms with Crippen LogP contribution in [0.4, 0.5) is 4.79 Å². The zero-order valence-corrected chi connectivity index (χ0v) is 22.3. The van der Waals surface area contributed by atoms with E-state index in [1.807, 2.05) is 0 Å². The van der Waals surface area contributed by atoms with Crippen LogP contribution in [0.5, 0.6) is 0 Å². The van der Waals surface area contributed by atoms with E-state index in [1.54, 1.807) is 0 Å². The number of alkyl carbamates (subject to hydrolysis) is 1. The van der Waals surface area contributed by atoms with Crippen LogP contribution >= 0.6 is 0 Å². The van der Waals surface area contributed by atoms with Crippen LogP contribution < -0.4 is 5.32 Å². The molecule has 1 N–H and O–H groups in total. The molecule has 1 fully saturated rings. The van der Waals surface area contributed by atoms with Gasteiger partial charge in [0.25, 0.3) is 0 Å². The highest BCUT2D eigenvalue weighted by Crippen LogP contribution is 2.20. The smallest absolute Gasteiger partial charge is 0.407 e. The fraction of sp³-hybridized carbons (Fsp3) is 0.929. The van der Waals surface area contributed by atoms with E-state index in [4.69, 9.17) is 14.2 Å².